The van der Waals surface area contributed by atoms with Crippen molar-refractivity contribution < 1.29 is 13.2 Å². The SMILES string of the molecule is Cc1cc(C(=O)NC(C)C)c(C)c(C)c1NCCCCCNS(=O)(=O)C(C)C. The molecule has 0 saturated heterocycles. The number of unbranched alkanes of at least 4 members (excludes halogenated alkanes) is 2. The van der Waals surface area contributed by atoms with E-state index in [4.69, 9.17) is 0 Å². The van der Waals surface area contributed by atoms with E-state index in [1.165, 1.54) is 0 Å². The molecule has 1 aromatic carbocycles. The first-order valence-electron chi connectivity index (χ1n) is 10.1. The molecular weight excluding hydrogens is 374 g/mol. The predicted molar refractivity (Wildman–Crippen MR) is 118 cm³/mol. The Balaban J connectivity index is 2.55. The van der Waals surface area contributed by atoms with E-state index in [0.717, 1.165) is 53.7 Å². The van der Waals surface area contributed by atoms with Crippen molar-refractivity contribution in [1.82, 2.24) is 10.0 Å². The second kappa shape index (κ2) is 10.8. The van der Waals surface area contributed by atoms with Gasteiger partial charge in [0, 0.05) is 30.4 Å². The van der Waals surface area contributed by atoms with Gasteiger partial charge in [-0.15, -0.1) is 0 Å². The van der Waals surface area contributed by atoms with Crippen LogP contribution in [0.5, 0.6) is 0 Å². The van der Waals surface area contributed by atoms with Gasteiger partial charge in [-0.3, -0.25) is 4.79 Å². The summed E-state index contributed by atoms with van der Waals surface area (Å²) in [5, 5.41) is 6.04. The van der Waals surface area contributed by atoms with Crippen LogP contribution in [0.15, 0.2) is 6.07 Å². The highest BCUT2D eigenvalue weighted by atomic mass is 32.2. The molecule has 7 heteroatoms. The maximum Gasteiger partial charge on any atom is 0.251 e. The molecule has 160 valence electrons. The van der Waals surface area contributed by atoms with Gasteiger partial charge in [0.1, 0.15) is 0 Å². The number of carbonyl (C=O) groups excluding carboxylic acids is 1. The van der Waals surface area contributed by atoms with Crippen molar-refractivity contribution in [2.45, 2.75) is 79.0 Å². The highest BCUT2D eigenvalue weighted by Gasteiger charge is 2.16. The van der Waals surface area contributed by atoms with E-state index in [0.29, 0.717) is 6.54 Å². The van der Waals surface area contributed by atoms with E-state index >= 15 is 0 Å². The number of rotatable bonds is 11. The fourth-order valence-electron chi connectivity index (χ4n) is 2.95. The minimum atomic E-state index is -3.17. The van der Waals surface area contributed by atoms with E-state index < -0.39 is 15.3 Å². The molecule has 0 aliphatic carbocycles. The van der Waals surface area contributed by atoms with Crippen LogP contribution >= 0.6 is 0 Å². The first-order valence-corrected chi connectivity index (χ1v) is 11.7. The minimum absolute atomic E-state index is 0.0332. The van der Waals surface area contributed by atoms with Gasteiger partial charge in [-0.05, 0) is 84.1 Å². The summed E-state index contributed by atoms with van der Waals surface area (Å²) in [6, 6.07) is 2.05. The summed E-state index contributed by atoms with van der Waals surface area (Å²) in [6.07, 6.45) is 2.72. The number of amides is 1. The van der Waals surface area contributed by atoms with E-state index in [9.17, 15) is 13.2 Å². The van der Waals surface area contributed by atoms with Crippen molar-refractivity contribution in [1.29, 1.82) is 0 Å². The number of hydrogen-bond acceptors (Lipinski definition) is 4. The summed E-state index contributed by atoms with van der Waals surface area (Å²) in [6.45, 7) is 14.6. The maximum atomic E-state index is 12.4. The molecular formula is C21H37N3O3S. The number of nitrogens with one attached hydrogen (secondary N) is 3. The van der Waals surface area contributed by atoms with Crippen LogP contribution in [0, 0.1) is 20.8 Å². The molecule has 0 heterocycles. The lowest BCUT2D eigenvalue weighted by molar-refractivity contribution is 0.0942. The molecule has 3 N–H and O–H groups in total. The lowest BCUT2D eigenvalue weighted by atomic mass is 9.96. The minimum Gasteiger partial charge on any atom is -0.385 e. The molecule has 0 unspecified atom stereocenters. The van der Waals surface area contributed by atoms with Gasteiger partial charge >= 0.3 is 0 Å². The van der Waals surface area contributed by atoms with Crippen molar-refractivity contribution in [3.63, 3.8) is 0 Å². The zero-order valence-electron chi connectivity index (χ0n) is 18.4. The molecule has 0 fully saturated rings. The van der Waals surface area contributed by atoms with Crippen molar-refractivity contribution in [3.8, 4) is 0 Å². The molecule has 0 aromatic heterocycles. The van der Waals surface area contributed by atoms with Crippen LogP contribution in [0.25, 0.3) is 0 Å². The number of hydrogen-bond donors (Lipinski definition) is 3. The Morgan fingerprint density at radius 2 is 1.57 bits per heavy atom. The number of sulfonamides is 1. The van der Waals surface area contributed by atoms with Crippen molar-refractivity contribution in [3.05, 3.63) is 28.3 Å². The second-order valence-electron chi connectivity index (χ2n) is 7.97. The van der Waals surface area contributed by atoms with Gasteiger partial charge in [-0.2, -0.15) is 0 Å². The third-order valence-electron chi connectivity index (χ3n) is 4.84. The number of carbonyl (C=O) groups is 1. The van der Waals surface area contributed by atoms with Crippen LogP contribution in [0.2, 0.25) is 0 Å². The molecule has 1 amide bonds. The second-order valence-corrected chi connectivity index (χ2v) is 10.3. The fourth-order valence-corrected chi connectivity index (χ4v) is 3.71. The number of aryl methyl sites for hydroxylation is 1. The van der Waals surface area contributed by atoms with Crippen molar-refractivity contribution >= 4 is 21.6 Å². The molecule has 0 saturated carbocycles. The Kier molecular flexibility index (Phi) is 9.44. The van der Waals surface area contributed by atoms with Gasteiger partial charge in [0.25, 0.3) is 5.91 Å². The molecule has 0 aliphatic heterocycles. The van der Waals surface area contributed by atoms with E-state index in [1.54, 1.807) is 13.8 Å². The van der Waals surface area contributed by atoms with Gasteiger partial charge in [-0.1, -0.05) is 6.42 Å². The number of benzene rings is 1. The summed E-state index contributed by atoms with van der Waals surface area (Å²) in [5.74, 6) is -0.0332. The van der Waals surface area contributed by atoms with Gasteiger partial charge in [0.15, 0.2) is 0 Å². The molecule has 0 aliphatic rings. The lowest BCUT2D eigenvalue weighted by Gasteiger charge is -2.19. The van der Waals surface area contributed by atoms with Gasteiger partial charge in [0.2, 0.25) is 10.0 Å². The molecule has 28 heavy (non-hydrogen) atoms. The largest absolute Gasteiger partial charge is 0.385 e. The van der Waals surface area contributed by atoms with Gasteiger partial charge < -0.3 is 10.6 Å². The fraction of sp³-hybridized carbons (Fsp3) is 0.667. The van der Waals surface area contributed by atoms with Crippen molar-refractivity contribution in [2.24, 2.45) is 0 Å². The van der Waals surface area contributed by atoms with Crippen LogP contribution in [-0.2, 0) is 10.0 Å². The molecule has 1 rings (SSSR count). The molecule has 6 nitrogen and oxygen atoms in total. The molecule has 0 spiro atoms. The standard InChI is InChI=1S/C21H37N3O3S/c1-14(2)24-21(25)19-13-16(5)20(18(7)17(19)6)22-11-9-8-10-12-23-28(26,27)15(3)4/h13-15,22-23H,8-12H2,1-7H3,(H,24,25). The zero-order valence-corrected chi connectivity index (χ0v) is 19.2. The lowest BCUT2D eigenvalue weighted by Crippen LogP contribution is -2.31. The Morgan fingerprint density at radius 1 is 0.964 bits per heavy atom. The first-order chi connectivity index (χ1) is 13.0. The van der Waals surface area contributed by atoms with Crippen LogP contribution in [0.3, 0.4) is 0 Å². The third-order valence-corrected chi connectivity index (χ3v) is 6.69. The molecule has 0 radical (unpaired) electrons. The third kappa shape index (κ3) is 7.09. The quantitative estimate of drug-likeness (QED) is 0.485. The number of anilines is 1. The monoisotopic (exact) mass is 411 g/mol. The molecule has 0 bridgehead atoms. The Morgan fingerprint density at radius 3 is 2.14 bits per heavy atom. The summed E-state index contributed by atoms with van der Waals surface area (Å²) >= 11 is 0. The van der Waals surface area contributed by atoms with Crippen LogP contribution < -0.4 is 15.4 Å². The maximum absolute atomic E-state index is 12.4. The normalized spacial score (nSPS) is 11.9. The first kappa shape index (κ1) is 24.4. The Bertz CT molecular complexity index is 772. The summed E-state index contributed by atoms with van der Waals surface area (Å²) in [4.78, 5) is 12.4. The highest BCUT2D eigenvalue weighted by Crippen LogP contribution is 2.27. The van der Waals surface area contributed by atoms with E-state index in [-0.39, 0.29) is 11.9 Å². The van der Waals surface area contributed by atoms with Crippen LogP contribution in [0.1, 0.15) is 74.0 Å². The average molecular weight is 412 g/mol. The highest BCUT2D eigenvalue weighted by molar-refractivity contribution is 7.90. The van der Waals surface area contributed by atoms with Gasteiger partial charge in [-0.25, -0.2) is 13.1 Å². The van der Waals surface area contributed by atoms with Crippen molar-refractivity contribution in [2.75, 3.05) is 18.4 Å². The Labute approximate surface area is 170 Å². The topological polar surface area (TPSA) is 87.3 Å². The van der Waals surface area contributed by atoms with Crippen LogP contribution in [-0.4, -0.2) is 38.7 Å². The van der Waals surface area contributed by atoms with Crippen LogP contribution in [0.4, 0.5) is 5.69 Å². The van der Waals surface area contributed by atoms with E-state index in [2.05, 4.69) is 15.4 Å². The smallest absolute Gasteiger partial charge is 0.251 e. The predicted octanol–water partition coefficient (Wildman–Crippen LogP) is 3.66. The van der Waals surface area contributed by atoms with Gasteiger partial charge in [0.05, 0.1) is 5.25 Å². The summed E-state index contributed by atoms with van der Waals surface area (Å²) in [5.41, 5.74) is 4.96. The van der Waals surface area contributed by atoms with E-state index in [1.807, 2.05) is 40.7 Å². The molecule has 0 atom stereocenters. The Hall–Kier alpha value is -1.60. The summed E-state index contributed by atoms with van der Waals surface area (Å²) in [7, 11) is -3.17. The summed E-state index contributed by atoms with van der Waals surface area (Å²) < 4.78 is 26.0. The average Bonchev–Trinajstić information content (AvgIpc) is 2.58. The molecule has 1 aromatic rings. The zero-order chi connectivity index (χ0) is 21.5.